The van der Waals surface area contributed by atoms with Crippen molar-refractivity contribution in [3.8, 4) is 0 Å². The van der Waals surface area contributed by atoms with E-state index in [1.165, 1.54) is 4.90 Å². The second kappa shape index (κ2) is 8.32. The molecule has 0 bridgehead atoms. The first-order valence-corrected chi connectivity index (χ1v) is 6.88. The SMILES string of the molecule is CCCC(CN)C(=O)N(CCC(=O)O)c1ccccc1. The molecule has 0 aromatic heterocycles. The largest absolute Gasteiger partial charge is 0.481 e. The van der Waals surface area contributed by atoms with Crippen LogP contribution in [0.3, 0.4) is 0 Å². The highest BCUT2D eigenvalue weighted by atomic mass is 16.4. The Morgan fingerprint density at radius 3 is 2.45 bits per heavy atom. The summed E-state index contributed by atoms with van der Waals surface area (Å²) in [4.78, 5) is 24.8. The molecule has 1 rings (SSSR count). The summed E-state index contributed by atoms with van der Waals surface area (Å²) in [6.07, 6.45) is 1.50. The van der Waals surface area contributed by atoms with Gasteiger partial charge in [-0.25, -0.2) is 0 Å². The summed E-state index contributed by atoms with van der Waals surface area (Å²) in [6, 6.07) is 9.12. The maximum Gasteiger partial charge on any atom is 0.305 e. The quantitative estimate of drug-likeness (QED) is 0.760. The first kappa shape index (κ1) is 16.2. The van der Waals surface area contributed by atoms with Gasteiger partial charge >= 0.3 is 5.97 Å². The number of carbonyl (C=O) groups is 2. The molecule has 5 nitrogen and oxygen atoms in total. The lowest BCUT2D eigenvalue weighted by Crippen LogP contribution is -2.40. The second-order valence-corrected chi connectivity index (χ2v) is 4.69. The van der Waals surface area contributed by atoms with E-state index < -0.39 is 5.97 Å². The smallest absolute Gasteiger partial charge is 0.305 e. The van der Waals surface area contributed by atoms with Crippen LogP contribution in [0.25, 0.3) is 0 Å². The summed E-state index contributed by atoms with van der Waals surface area (Å²) in [5.41, 5.74) is 6.38. The Hall–Kier alpha value is -1.88. The van der Waals surface area contributed by atoms with Gasteiger partial charge in [-0.05, 0) is 18.6 Å². The van der Waals surface area contributed by atoms with Gasteiger partial charge in [-0.15, -0.1) is 0 Å². The number of nitrogens with two attached hydrogens (primary N) is 1. The van der Waals surface area contributed by atoms with E-state index in [0.717, 1.165) is 6.42 Å². The van der Waals surface area contributed by atoms with E-state index in [9.17, 15) is 9.59 Å². The molecular weight excluding hydrogens is 256 g/mol. The topological polar surface area (TPSA) is 83.6 Å². The lowest BCUT2D eigenvalue weighted by atomic mass is 10.0. The average molecular weight is 278 g/mol. The van der Waals surface area contributed by atoms with Crippen LogP contribution in [0, 0.1) is 5.92 Å². The predicted molar refractivity (Wildman–Crippen MR) is 78.5 cm³/mol. The van der Waals surface area contributed by atoms with Gasteiger partial charge in [0, 0.05) is 18.8 Å². The summed E-state index contributed by atoms with van der Waals surface area (Å²) < 4.78 is 0. The second-order valence-electron chi connectivity index (χ2n) is 4.69. The Labute approximate surface area is 119 Å². The minimum Gasteiger partial charge on any atom is -0.481 e. The molecule has 5 heteroatoms. The van der Waals surface area contributed by atoms with Crippen molar-refractivity contribution in [2.45, 2.75) is 26.2 Å². The molecule has 3 N–H and O–H groups in total. The third-order valence-electron chi connectivity index (χ3n) is 3.15. The highest BCUT2D eigenvalue weighted by Gasteiger charge is 2.24. The number of amides is 1. The fourth-order valence-electron chi connectivity index (χ4n) is 2.09. The first-order valence-electron chi connectivity index (χ1n) is 6.88. The standard InChI is InChI=1S/C15H22N2O3/c1-2-6-12(11-16)15(20)17(10-9-14(18)19)13-7-4-3-5-8-13/h3-5,7-8,12H,2,6,9-11,16H2,1H3,(H,18,19). The number of nitrogens with zero attached hydrogens (tertiary/aromatic N) is 1. The molecule has 0 aliphatic carbocycles. The van der Waals surface area contributed by atoms with Crippen molar-refractivity contribution < 1.29 is 14.7 Å². The number of hydrogen-bond donors (Lipinski definition) is 2. The number of benzene rings is 1. The molecule has 1 atom stereocenters. The molecule has 1 unspecified atom stereocenters. The number of carbonyl (C=O) groups excluding carboxylic acids is 1. The van der Waals surface area contributed by atoms with Gasteiger partial charge < -0.3 is 15.7 Å². The lowest BCUT2D eigenvalue weighted by molar-refractivity contribution is -0.136. The number of anilines is 1. The van der Waals surface area contributed by atoms with Crippen molar-refractivity contribution in [2.24, 2.45) is 11.7 Å². The zero-order chi connectivity index (χ0) is 15.0. The van der Waals surface area contributed by atoms with Gasteiger partial charge in [0.15, 0.2) is 0 Å². The predicted octanol–water partition coefficient (Wildman–Crippen LogP) is 1.87. The van der Waals surface area contributed by atoms with Crippen LogP contribution >= 0.6 is 0 Å². The Morgan fingerprint density at radius 1 is 1.30 bits per heavy atom. The third-order valence-corrected chi connectivity index (χ3v) is 3.15. The minimum atomic E-state index is -0.918. The zero-order valence-electron chi connectivity index (χ0n) is 11.8. The lowest BCUT2D eigenvalue weighted by Gasteiger charge is -2.26. The highest BCUT2D eigenvalue weighted by molar-refractivity contribution is 5.95. The van der Waals surface area contributed by atoms with Gasteiger partial charge in [-0.2, -0.15) is 0 Å². The number of carboxylic acids is 1. The van der Waals surface area contributed by atoms with E-state index in [1.807, 2.05) is 25.1 Å². The van der Waals surface area contributed by atoms with Crippen molar-refractivity contribution in [3.63, 3.8) is 0 Å². The molecule has 1 aromatic rings. The Kier molecular flexibility index (Phi) is 6.73. The van der Waals surface area contributed by atoms with Crippen LogP contribution in [-0.2, 0) is 9.59 Å². The van der Waals surface area contributed by atoms with Gasteiger partial charge in [0.1, 0.15) is 0 Å². The summed E-state index contributed by atoms with van der Waals surface area (Å²) in [6.45, 7) is 2.45. The molecule has 0 saturated heterocycles. The van der Waals surface area contributed by atoms with Gasteiger partial charge in [0.25, 0.3) is 0 Å². The molecule has 110 valence electrons. The Bertz CT molecular complexity index is 434. The van der Waals surface area contributed by atoms with Crippen LogP contribution in [0.5, 0.6) is 0 Å². The van der Waals surface area contributed by atoms with Gasteiger partial charge in [-0.1, -0.05) is 31.5 Å². The van der Waals surface area contributed by atoms with Crippen LogP contribution in [-0.4, -0.2) is 30.1 Å². The molecule has 0 aliphatic heterocycles. The van der Waals surface area contributed by atoms with Crippen LogP contribution in [0.1, 0.15) is 26.2 Å². The molecule has 20 heavy (non-hydrogen) atoms. The Morgan fingerprint density at radius 2 is 1.95 bits per heavy atom. The van der Waals surface area contributed by atoms with E-state index in [-0.39, 0.29) is 31.3 Å². The fraction of sp³-hybridized carbons (Fsp3) is 0.467. The van der Waals surface area contributed by atoms with Crippen LogP contribution in [0.15, 0.2) is 30.3 Å². The van der Waals surface area contributed by atoms with Crippen LogP contribution in [0.4, 0.5) is 5.69 Å². The van der Waals surface area contributed by atoms with Crippen molar-refractivity contribution in [1.29, 1.82) is 0 Å². The normalized spacial score (nSPS) is 11.9. The van der Waals surface area contributed by atoms with Crippen LogP contribution in [0.2, 0.25) is 0 Å². The summed E-state index contributed by atoms with van der Waals surface area (Å²) in [5.74, 6) is -1.27. The van der Waals surface area contributed by atoms with E-state index in [1.54, 1.807) is 12.1 Å². The number of para-hydroxylation sites is 1. The number of aliphatic carboxylic acids is 1. The highest BCUT2D eigenvalue weighted by Crippen LogP contribution is 2.18. The van der Waals surface area contributed by atoms with E-state index in [0.29, 0.717) is 12.1 Å². The van der Waals surface area contributed by atoms with Crippen molar-refractivity contribution >= 4 is 17.6 Å². The number of hydrogen-bond acceptors (Lipinski definition) is 3. The average Bonchev–Trinajstić information content (AvgIpc) is 2.45. The molecular formula is C15H22N2O3. The van der Waals surface area contributed by atoms with Gasteiger partial charge in [0.05, 0.1) is 12.3 Å². The minimum absolute atomic E-state index is 0.0793. The monoisotopic (exact) mass is 278 g/mol. The maximum absolute atomic E-state index is 12.5. The zero-order valence-corrected chi connectivity index (χ0v) is 11.8. The molecule has 1 aromatic carbocycles. The van der Waals surface area contributed by atoms with Gasteiger partial charge in [-0.3, -0.25) is 9.59 Å². The van der Waals surface area contributed by atoms with Crippen molar-refractivity contribution in [2.75, 3.05) is 18.0 Å². The van der Waals surface area contributed by atoms with E-state index >= 15 is 0 Å². The third kappa shape index (κ3) is 4.66. The molecule has 0 heterocycles. The molecule has 1 amide bonds. The van der Waals surface area contributed by atoms with E-state index in [2.05, 4.69) is 0 Å². The van der Waals surface area contributed by atoms with Gasteiger partial charge in [0.2, 0.25) is 5.91 Å². The summed E-state index contributed by atoms with van der Waals surface area (Å²) >= 11 is 0. The molecule has 0 spiro atoms. The molecule has 0 aliphatic rings. The first-order chi connectivity index (χ1) is 9.60. The Balaban J connectivity index is 2.91. The number of rotatable bonds is 8. The summed E-state index contributed by atoms with van der Waals surface area (Å²) in [5, 5.41) is 8.83. The summed E-state index contributed by atoms with van der Waals surface area (Å²) in [7, 11) is 0. The maximum atomic E-state index is 12.5. The fourth-order valence-corrected chi connectivity index (χ4v) is 2.09. The molecule has 0 radical (unpaired) electrons. The van der Waals surface area contributed by atoms with E-state index in [4.69, 9.17) is 10.8 Å². The molecule has 0 saturated carbocycles. The van der Waals surface area contributed by atoms with Crippen LogP contribution < -0.4 is 10.6 Å². The number of carboxylic acid groups (broad SMARTS) is 1. The molecule has 0 fully saturated rings. The van der Waals surface area contributed by atoms with Crippen molar-refractivity contribution in [1.82, 2.24) is 0 Å². The van der Waals surface area contributed by atoms with Crippen molar-refractivity contribution in [3.05, 3.63) is 30.3 Å².